The number of nitrogens with zero attached hydrogens (tertiary/aromatic N) is 3. The van der Waals surface area contributed by atoms with Crippen LogP contribution in [0.2, 0.25) is 0 Å². The molecule has 0 saturated carbocycles. The number of guanidine groups is 1. The Morgan fingerprint density at radius 3 is 2.59 bits per heavy atom. The van der Waals surface area contributed by atoms with Crippen LogP contribution in [0.5, 0.6) is 0 Å². The summed E-state index contributed by atoms with van der Waals surface area (Å²) in [7, 11) is 0. The van der Waals surface area contributed by atoms with Crippen LogP contribution in [0.15, 0.2) is 29.3 Å². The summed E-state index contributed by atoms with van der Waals surface area (Å²) < 4.78 is 13.2. The molecule has 164 valence electrons. The highest BCUT2D eigenvalue weighted by Gasteiger charge is 2.21. The number of hydrogen-bond donors (Lipinski definition) is 2. The van der Waals surface area contributed by atoms with Crippen LogP contribution in [0.3, 0.4) is 0 Å². The predicted octanol–water partition coefficient (Wildman–Crippen LogP) is 2.48. The summed E-state index contributed by atoms with van der Waals surface area (Å²) in [5.41, 5.74) is 1.01. The van der Waals surface area contributed by atoms with E-state index in [4.69, 9.17) is 4.99 Å². The summed E-state index contributed by atoms with van der Waals surface area (Å²) in [5, 5.41) is 6.30. The van der Waals surface area contributed by atoms with Gasteiger partial charge in [-0.2, -0.15) is 0 Å². The van der Waals surface area contributed by atoms with E-state index in [1.165, 1.54) is 6.07 Å². The molecule has 8 heteroatoms. The molecule has 1 aromatic rings. The molecule has 0 spiro atoms. The Morgan fingerprint density at radius 2 is 1.97 bits per heavy atom. The molecule has 1 fully saturated rings. The Morgan fingerprint density at radius 1 is 1.24 bits per heavy atom. The highest BCUT2D eigenvalue weighted by molar-refractivity contribution is 14.0. The quantitative estimate of drug-likeness (QED) is 0.240. The molecule has 1 heterocycles. The molecule has 0 radical (unpaired) electrons. The minimum Gasteiger partial charge on any atom is -0.357 e. The SMILES string of the molecule is CCNC(=NCCCc1cccc(F)c1)N1CCN(CC(=O)NC(C)C)CC1.I. The molecule has 1 aromatic carbocycles. The Bertz CT molecular complexity index is 648. The van der Waals surface area contributed by atoms with E-state index < -0.39 is 0 Å². The fourth-order valence-electron chi connectivity index (χ4n) is 3.27. The van der Waals surface area contributed by atoms with Gasteiger partial charge in [-0.25, -0.2) is 4.39 Å². The number of rotatable bonds is 8. The van der Waals surface area contributed by atoms with Crippen molar-refractivity contribution in [3.8, 4) is 0 Å². The fraction of sp³-hybridized carbons (Fsp3) is 0.619. The lowest BCUT2D eigenvalue weighted by Gasteiger charge is -2.36. The smallest absolute Gasteiger partial charge is 0.234 e. The first-order valence-electron chi connectivity index (χ1n) is 10.3. The third-order valence-electron chi connectivity index (χ3n) is 4.60. The van der Waals surface area contributed by atoms with E-state index in [1.807, 2.05) is 19.9 Å². The summed E-state index contributed by atoms with van der Waals surface area (Å²) >= 11 is 0. The first-order chi connectivity index (χ1) is 13.5. The monoisotopic (exact) mass is 519 g/mol. The minimum atomic E-state index is -0.186. The van der Waals surface area contributed by atoms with Crippen LogP contribution in [-0.2, 0) is 11.2 Å². The van der Waals surface area contributed by atoms with Gasteiger partial charge in [-0.3, -0.25) is 14.7 Å². The zero-order chi connectivity index (χ0) is 20.4. The number of aryl methyl sites for hydroxylation is 1. The van der Waals surface area contributed by atoms with Crippen LogP contribution in [0.25, 0.3) is 0 Å². The molecule has 0 unspecified atom stereocenters. The molecule has 0 bridgehead atoms. The number of carbonyl (C=O) groups excluding carboxylic acids is 1. The zero-order valence-electron chi connectivity index (χ0n) is 17.8. The second-order valence-corrected chi connectivity index (χ2v) is 7.45. The van der Waals surface area contributed by atoms with Crippen LogP contribution >= 0.6 is 24.0 Å². The van der Waals surface area contributed by atoms with Crippen LogP contribution in [0.4, 0.5) is 4.39 Å². The third-order valence-corrected chi connectivity index (χ3v) is 4.60. The van der Waals surface area contributed by atoms with Crippen molar-refractivity contribution in [3.05, 3.63) is 35.6 Å². The Balaban J connectivity index is 0.00000420. The van der Waals surface area contributed by atoms with Gasteiger partial charge in [0.05, 0.1) is 6.54 Å². The molecule has 1 aliphatic heterocycles. The summed E-state index contributed by atoms with van der Waals surface area (Å²) in [5.74, 6) is 0.823. The third kappa shape index (κ3) is 9.75. The lowest BCUT2D eigenvalue weighted by molar-refractivity contribution is -0.123. The summed E-state index contributed by atoms with van der Waals surface area (Å²) in [6.45, 7) is 11.4. The van der Waals surface area contributed by atoms with Gasteiger partial charge in [0.1, 0.15) is 5.82 Å². The summed E-state index contributed by atoms with van der Waals surface area (Å²) in [6.07, 6.45) is 1.70. The minimum absolute atomic E-state index is 0. The first kappa shape index (κ1) is 25.6. The highest BCUT2D eigenvalue weighted by Crippen LogP contribution is 2.07. The van der Waals surface area contributed by atoms with Crippen molar-refractivity contribution < 1.29 is 9.18 Å². The average molecular weight is 519 g/mol. The van der Waals surface area contributed by atoms with E-state index >= 15 is 0 Å². The number of aliphatic imine (C=N–C) groups is 1. The number of hydrogen-bond acceptors (Lipinski definition) is 3. The van der Waals surface area contributed by atoms with E-state index in [9.17, 15) is 9.18 Å². The molecule has 6 nitrogen and oxygen atoms in total. The van der Waals surface area contributed by atoms with Gasteiger partial charge in [-0.15, -0.1) is 24.0 Å². The molecule has 1 saturated heterocycles. The standard InChI is InChI=1S/C21H34FN5O.HI/c1-4-23-21(24-10-6-8-18-7-5-9-19(22)15-18)27-13-11-26(12-14-27)16-20(28)25-17(2)3;/h5,7,9,15,17H,4,6,8,10-14,16H2,1-3H3,(H,23,24)(H,25,28);1H. The normalized spacial score (nSPS) is 15.2. The number of piperazine rings is 1. The van der Waals surface area contributed by atoms with E-state index in [-0.39, 0.29) is 41.7 Å². The number of benzene rings is 1. The van der Waals surface area contributed by atoms with E-state index in [1.54, 1.807) is 12.1 Å². The van der Waals surface area contributed by atoms with Gasteiger partial charge in [-0.05, 0) is 51.3 Å². The number of carbonyl (C=O) groups is 1. The average Bonchev–Trinajstić information content (AvgIpc) is 2.64. The van der Waals surface area contributed by atoms with Crippen LogP contribution < -0.4 is 10.6 Å². The number of amides is 1. The molecule has 0 aromatic heterocycles. The molecule has 2 rings (SSSR count). The Labute approximate surface area is 191 Å². The maximum Gasteiger partial charge on any atom is 0.234 e. The van der Waals surface area contributed by atoms with Gasteiger partial charge in [0.25, 0.3) is 0 Å². The summed E-state index contributed by atoms with van der Waals surface area (Å²) in [6, 6.07) is 6.93. The van der Waals surface area contributed by atoms with Crippen molar-refractivity contribution >= 4 is 35.8 Å². The van der Waals surface area contributed by atoms with Crippen LogP contribution in [0.1, 0.15) is 32.8 Å². The highest BCUT2D eigenvalue weighted by atomic mass is 127. The fourth-order valence-corrected chi connectivity index (χ4v) is 3.27. The Hall–Kier alpha value is -1.42. The van der Waals surface area contributed by atoms with Gasteiger partial charge in [-0.1, -0.05) is 12.1 Å². The Kier molecular flexibility index (Phi) is 12.1. The van der Waals surface area contributed by atoms with Gasteiger partial charge in [0.2, 0.25) is 5.91 Å². The van der Waals surface area contributed by atoms with E-state index in [0.717, 1.165) is 57.1 Å². The maximum atomic E-state index is 13.2. The van der Waals surface area contributed by atoms with Gasteiger partial charge in [0, 0.05) is 45.3 Å². The topological polar surface area (TPSA) is 60.0 Å². The molecule has 29 heavy (non-hydrogen) atoms. The van der Waals surface area contributed by atoms with Gasteiger partial charge in [0.15, 0.2) is 5.96 Å². The van der Waals surface area contributed by atoms with E-state index in [0.29, 0.717) is 13.1 Å². The second kappa shape index (κ2) is 13.7. The summed E-state index contributed by atoms with van der Waals surface area (Å²) in [4.78, 5) is 21.1. The van der Waals surface area contributed by atoms with E-state index in [2.05, 4.69) is 27.4 Å². The van der Waals surface area contributed by atoms with Crippen molar-refractivity contribution in [2.75, 3.05) is 45.8 Å². The molecule has 2 N–H and O–H groups in total. The maximum absolute atomic E-state index is 13.2. The molecular formula is C21H35FIN5O. The van der Waals surface area contributed by atoms with Crippen LogP contribution in [0, 0.1) is 5.82 Å². The van der Waals surface area contributed by atoms with Crippen molar-refractivity contribution in [2.45, 2.75) is 39.7 Å². The molecule has 1 aliphatic rings. The molecule has 0 atom stereocenters. The van der Waals surface area contributed by atoms with Gasteiger partial charge >= 0.3 is 0 Å². The van der Waals surface area contributed by atoms with Crippen molar-refractivity contribution in [1.82, 2.24) is 20.4 Å². The van der Waals surface area contributed by atoms with Crippen LogP contribution in [-0.4, -0.2) is 73.5 Å². The molecular weight excluding hydrogens is 484 g/mol. The second-order valence-electron chi connectivity index (χ2n) is 7.45. The largest absolute Gasteiger partial charge is 0.357 e. The predicted molar refractivity (Wildman–Crippen MR) is 127 cm³/mol. The zero-order valence-corrected chi connectivity index (χ0v) is 20.1. The van der Waals surface area contributed by atoms with Crippen molar-refractivity contribution in [3.63, 3.8) is 0 Å². The lowest BCUT2D eigenvalue weighted by atomic mass is 10.1. The van der Waals surface area contributed by atoms with Crippen molar-refractivity contribution in [2.24, 2.45) is 4.99 Å². The number of halogens is 2. The molecule has 0 aliphatic carbocycles. The number of nitrogens with one attached hydrogen (secondary N) is 2. The van der Waals surface area contributed by atoms with Gasteiger partial charge < -0.3 is 15.5 Å². The van der Waals surface area contributed by atoms with Crippen molar-refractivity contribution in [1.29, 1.82) is 0 Å². The lowest BCUT2D eigenvalue weighted by Crippen LogP contribution is -2.54. The first-order valence-corrected chi connectivity index (χ1v) is 10.3. The molecule has 1 amide bonds.